The minimum atomic E-state index is -4.83. The first kappa shape index (κ1) is 26.6. The first-order valence-corrected chi connectivity index (χ1v) is 9.34. The topological polar surface area (TPSA) is 84.9 Å². The Hall–Kier alpha value is -1.35. The maximum Gasteiger partial charge on any atom is 0.417 e. The van der Waals surface area contributed by atoms with E-state index in [0.717, 1.165) is 0 Å². The Morgan fingerprint density at radius 3 is 2.07 bits per heavy atom. The molecule has 9 heteroatoms. The van der Waals surface area contributed by atoms with Crippen molar-refractivity contribution in [2.24, 2.45) is 10.8 Å². The van der Waals surface area contributed by atoms with Crippen molar-refractivity contribution in [3.63, 3.8) is 0 Å². The number of halogens is 3. The molecule has 3 unspecified atom stereocenters. The monoisotopic (exact) mass is 413 g/mol. The smallest absolute Gasteiger partial charge is 0.417 e. The lowest BCUT2D eigenvalue weighted by atomic mass is 9.72. The number of carbonyl (C=O) groups is 2. The van der Waals surface area contributed by atoms with E-state index >= 15 is 0 Å². The van der Waals surface area contributed by atoms with E-state index in [1.807, 2.05) is 0 Å². The Morgan fingerprint density at radius 2 is 1.64 bits per heavy atom. The third-order valence-corrected chi connectivity index (χ3v) is 4.85. The second-order valence-electron chi connectivity index (χ2n) is 8.41. The lowest BCUT2D eigenvalue weighted by molar-refractivity contribution is -0.261. The second kappa shape index (κ2) is 9.91. The van der Waals surface area contributed by atoms with Gasteiger partial charge in [-0.2, -0.15) is 13.2 Å². The van der Waals surface area contributed by atoms with Gasteiger partial charge >= 0.3 is 18.1 Å². The van der Waals surface area contributed by atoms with Gasteiger partial charge in [-0.15, -0.1) is 0 Å². The van der Waals surface area contributed by atoms with Crippen LogP contribution in [0.3, 0.4) is 0 Å². The lowest BCUT2D eigenvalue weighted by Crippen LogP contribution is -2.46. The molecule has 0 amide bonds. The Bertz CT molecular complexity index is 534. The van der Waals surface area contributed by atoms with E-state index < -0.39 is 47.1 Å². The quantitative estimate of drug-likeness (QED) is 0.400. The summed E-state index contributed by atoms with van der Waals surface area (Å²) < 4.78 is 48.8. The molecule has 2 N–H and O–H groups in total. The van der Waals surface area contributed by atoms with Crippen LogP contribution in [0.2, 0.25) is 0 Å². The standard InChI is InChI=1S/C19H34F3NO5/c1-8-17(5,15(25)27-10-9-23-7)12-16(3,4)14(24)28-13(2)11-18(6,26)19(20,21)22/h13,23,26H,8-12H2,1-7H3. The largest absolute Gasteiger partial charge is 0.464 e. The van der Waals surface area contributed by atoms with E-state index in [4.69, 9.17) is 9.47 Å². The average molecular weight is 413 g/mol. The van der Waals surface area contributed by atoms with E-state index in [9.17, 15) is 27.9 Å². The summed E-state index contributed by atoms with van der Waals surface area (Å²) in [7, 11) is 1.73. The van der Waals surface area contributed by atoms with Crippen LogP contribution in [0.5, 0.6) is 0 Å². The van der Waals surface area contributed by atoms with Gasteiger partial charge in [-0.3, -0.25) is 9.59 Å². The van der Waals surface area contributed by atoms with Crippen LogP contribution in [0.25, 0.3) is 0 Å². The van der Waals surface area contributed by atoms with E-state index in [1.54, 1.807) is 34.7 Å². The van der Waals surface area contributed by atoms with Gasteiger partial charge in [0, 0.05) is 13.0 Å². The number of ether oxygens (including phenoxy) is 2. The zero-order valence-electron chi connectivity index (χ0n) is 17.8. The van der Waals surface area contributed by atoms with Gasteiger partial charge in [0.05, 0.1) is 10.8 Å². The van der Waals surface area contributed by atoms with E-state index in [2.05, 4.69) is 5.32 Å². The molecule has 0 radical (unpaired) electrons. The molecule has 28 heavy (non-hydrogen) atoms. The molecule has 0 aliphatic rings. The molecule has 0 spiro atoms. The molecule has 0 aromatic rings. The highest BCUT2D eigenvalue weighted by Crippen LogP contribution is 2.39. The van der Waals surface area contributed by atoms with Gasteiger partial charge in [-0.25, -0.2) is 0 Å². The highest BCUT2D eigenvalue weighted by Gasteiger charge is 2.51. The number of aliphatic hydroxyl groups is 1. The number of likely N-dealkylation sites (N-methyl/N-ethyl adjacent to an activating group) is 1. The van der Waals surface area contributed by atoms with Crippen LogP contribution >= 0.6 is 0 Å². The highest BCUT2D eigenvalue weighted by atomic mass is 19.4. The molecular formula is C19H34F3NO5. The van der Waals surface area contributed by atoms with Gasteiger partial charge < -0.3 is 19.9 Å². The summed E-state index contributed by atoms with van der Waals surface area (Å²) in [6.45, 7) is 9.23. The summed E-state index contributed by atoms with van der Waals surface area (Å²) >= 11 is 0. The molecule has 0 bridgehead atoms. The molecule has 0 aromatic heterocycles. The summed E-state index contributed by atoms with van der Waals surface area (Å²) in [5.41, 5.74) is -5.05. The van der Waals surface area contributed by atoms with E-state index in [0.29, 0.717) is 19.9 Å². The summed E-state index contributed by atoms with van der Waals surface area (Å²) in [6.07, 6.45) is -6.24. The normalized spacial score (nSPS) is 18.0. The minimum Gasteiger partial charge on any atom is -0.464 e. The molecule has 0 aliphatic heterocycles. The minimum absolute atomic E-state index is 0.107. The fourth-order valence-corrected chi connectivity index (χ4v) is 2.87. The summed E-state index contributed by atoms with van der Waals surface area (Å²) in [5, 5.41) is 12.4. The molecular weight excluding hydrogens is 379 g/mol. The number of carbonyl (C=O) groups excluding carboxylic acids is 2. The summed E-state index contributed by atoms with van der Waals surface area (Å²) in [6, 6.07) is 0. The Balaban J connectivity index is 5.06. The fourth-order valence-electron chi connectivity index (χ4n) is 2.87. The van der Waals surface area contributed by atoms with Gasteiger partial charge in [0.15, 0.2) is 5.60 Å². The van der Waals surface area contributed by atoms with E-state index in [1.165, 1.54) is 6.92 Å². The molecule has 0 fully saturated rings. The number of hydrogen-bond acceptors (Lipinski definition) is 6. The van der Waals surface area contributed by atoms with Crippen molar-refractivity contribution in [1.29, 1.82) is 0 Å². The number of nitrogens with one attached hydrogen (secondary N) is 1. The molecule has 0 heterocycles. The maximum atomic E-state index is 12.8. The molecule has 166 valence electrons. The Morgan fingerprint density at radius 1 is 1.11 bits per heavy atom. The van der Waals surface area contributed by atoms with Crippen LogP contribution in [0.1, 0.15) is 60.8 Å². The summed E-state index contributed by atoms with van der Waals surface area (Å²) in [5.74, 6) is -1.18. The Labute approximate surface area is 165 Å². The van der Waals surface area contributed by atoms with Gasteiger partial charge in [0.25, 0.3) is 0 Å². The number of alkyl halides is 3. The first-order chi connectivity index (χ1) is 12.5. The molecule has 0 rings (SSSR count). The van der Waals surface area contributed by atoms with Crippen LogP contribution in [0.4, 0.5) is 13.2 Å². The maximum absolute atomic E-state index is 12.8. The third-order valence-electron chi connectivity index (χ3n) is 4.85. The van der Waals surface area contributed by atoms with Gasteiger partial charge in [-0.1, -0.05) is 6.92 Å². The predicted octanol–water partition coefficient (Wildman–Crippen LogP) is 3.22. The molecule has 0 saturated carbocycles. The zero-order chi connectivity index (χ0) is 22.4. The molecule has 6 nitrogen and oxygen atoms in total. The van der Waals surface area contributed by atoms with Crippen LogP contribution in [0.15, 0.2) is 0 Å². The number of esters is 2. The third kappa shape index (κ3) is 7.58. The number of rotatable bonds is 11. The summed E-state index contributed by atoms with van der Waals surface area (Å²) in [4.78, 5) is 25.0. The van der Waals surface area contributed by atoms with E-state index in [-0.39, 0.29) is 13.0 Å². The average Bonchev–Trinajstić information content (AvgIpc) is 2.52. The van der Waals surface area contributed by atoms with Gasteiger partial charge in [-0.05, 0) is 54.5 Å². The molecule has 0 aromatic carbocycles. The van der Waals surface area contributed by atoms with Crippen molar-refractivity contribution in [2.45, 2.75) is 78.7 Å². The highest BCUT2D eigenvalue weighted by molar-refractivity contribution is 5.80. The molecule has 0 aliphatic carbocycles. The van der Waals surface area contributed by atoms with Crippen molar-refractivity contribution in [3.05, 3.63) is 0 Å². The van der Waals surface area contributed by atoms with Crippen LogP contribution in [0, 0.1) is 10.8 Å². The molecule has 3 atom stereocenters. The molecule has 0 saturated heterocycles. The van der Waals surface area contributed by atoms with Crippen LogP contribution in [-0.4, -0.2) is 55.1 Å². The Kier molecular flexibility index (Phi) is 9.44. The SMILES string of the molecule is CCC(C)(CC(C)(C)C(=O)OC(C)CC(C)(O)C(F)(F)F)C(=O)OCCNC. The van der Waals surface area contributed by atoms with Gasteiger partial charge in [0.2, 0.25) is 0 Å². The van der Waals surface area contributed by atoms with Crippen molar-refractivity contribution >= 4 is 11.9 Å². The van der Waals surface area contributed by atoms with Crippen molar-refractivity contribution in [1.82, 2.24) is 5.32 Å². The number of hydrogen-bond donors (Lipinski definition) is 2. The first-order valence-electron chi connectivity index (χ1n) is 9.34. The van der Waals surface area contributed by atoms with Crippen LogP contribution in [-0.2, 0) is 19.1 Å². The fraction of sp³-hybridized carbons (Fsp3) is 0.895. The zero-order valence-corrected chi connectivity index (χ0v) is 17.8. The van der Waals surface area contributed by atoms with Gasteiger partial charge in [0.1, 0.15) is 12.7 Å². The van der Waals surface area contributed by atoms with Crippen molar-refractivity contribution < 1.29 is 37.3 Å². The van der Waals surface area contributed by atoms with Crippen molar-refractivity contribution in [2.75, 3.05) is 20.2 Å². The van der Waals surface area contributed by atoms with Crippen LogP contribution < -0.4 is 5.32 Å². The lowest BCUT2D eigenvalue weighted by Gasteiger charge is -2.35. The second-order valence-corrected chi connectivity index (χ2v) is 8.41. The predicted molar refractivity (Wildman–Crippen MR) is 98.5 cm³/mol. The van der Waals surface area contributed by atoms with Crippen molar-refractivity contribution in [3.8, 4) is 0 Å².